The van der Waals surface area contributed by atoms with Crippen LogP contribution in [0.15, 0.2) is 79.1 Å². The Bertz CT molecular complexity index is 1450. The van der Waals surface area contributed by atoms with Gasteiger partial charge in [-0.3, -0.25) is 0 Å². The Balaban J connectivity index is 1.36. The van der Waals surface area contributed by atoms with E-state index in [1.165, 1.54) is 39.2 Å². The van der Waals surface area contributed by atoms with Crippen molar-refractivity contribution in [2.45, 2.75) is 25.6 Å². The summed E-state index contributed by atoms with van der Waals surface area (Å²) in [4.78, 5) is 9.64. The number of benzene rings is 3. The van der Waals surface area contributed by atoms with E-state index in [1.807, 2.05) is 11.7 Å². The van der Waals surface area contributed by atoms with Crippen molar-refractivity contribution < 1.29 is 0 Å². The van der Waals surface area contributed by atoms with E-state index in [0.29, 0.717) is 12.1 Å². The summed E-state index contributed by atoms with van der Waals surface area (Å²) in [5.41, 5.74) is 11.0. The van der Waals surface area contributed by atoms with Crippen LogP contribution in [0, 0.1) is 5.92 Å². The average Bonchev–Trinajstić information content (AvgIpc) is 3.39. The number of anilines is 2. The highest BCUT2D eigenvalue weighted by atomic mass is 15.4. The molecule has 3 aromatic carbocycles. The van der Waals surface area contributed by atoms with E-state index >= 15 is 0 Å². The number of para-hydroxylation sites is 2. The van der Waals surface area contributed by atoms with Gasteiger partial charge in [0.2, 0.25) is 0 Å². The molecular weight excluding hydrogens is 418 g/mol. The summed E-state index contributed by atoms with van der Waals surface area (Å²) in [6.45, 7) is 0.938. The van der Waals surface area contributed by atoms with Crippen LogP contribution in [0.1, 0.15) is 22.3 Å². The second kappa shape index (κ2) is 7.32. The average molecular weight is 446 g/mol. The normalized spacial score (nSPS) is 20.0. The van der Waals surface area contributed by atoms with Gasteiger partial charge in [-0.2, -0.15) is 5.10 Å². The molecule has 4 aromatic rings. The lowest BCUT2D eigenvalue weighted by Gasteiger charge is -2.42. The Morgan fingerprint density at radius 2 is 1.68 bits per heavy atom. The van der Waals surface area contributed by atoms with E-state index in [4.69, 9.17) is 0 Å². The first-order valence-electron chi connectivity index (χ1n) is 12.0. The summed E-state index contributed by atoms with van der Waals surface area (Å²) in [6, 6.07) is 24.4. The van der Waals surface area contributed by atoms with Crippen LogP contribution in [0.2, 0.25) is 0 Å². The number of nitrogens with zero attached hydrogens (tertiary/aromatic N) is 5. The maximum atomic E-state index is 4.54. The fourth-order valence-electron chi connectivity index (χ4n) is 6.38. The minimum absolute atomic E-state index is 0.327. The van der Waals surface area contributed by atoms with E-state index in [9.17, 15) is 0 Å². The molecule has 4 heterocycles. The molecule has 2 unspecified atom stereocenters. The number of rotatable bonds is 3. The summed E-state index contributed by atoms with van der Waals surface area (Å²) in [7, 11) is 4.22. The molecule has 34 heavy (non-hydrogen) atoms. The zero-order chi connectivity index (χ0) is 22.8. The molecule has 168 valence electrons. The first-order chi connectivity index (χ1) is 16.7. The Hall–Kier alpha value is -3.86. The number of hydrogen-bond donors (Lipinski definition) is 0. The second-order valence-corrected chi connectivity index (χ2v) is 9.69. The van der Waals surface area contributed by atoms with E-state index in [1.54, 1.807) is 6.33 Å². The van der Waals surface area contributed by atoms with Crippen molar-refractivity contribution in [3.05, 3.63) is 101 Å². The molecule has 1 aliphatic carbocycles. The largest absolute Gasteiger partial charge is 0.352 e. The summed E-state index contributed by atoms with van der Waals surface area (Å²) >= 11 is 0. The SMILES string of the molecule is CN1c2ccccc2N2Cc3cccc4c3C(Cc3ccccc3-c3ncnn3C)=CC(C4)C12. The number of aromatic nitrogens is 3. The molecule has 0 fully saturated rings. The van der Waals surface area contributed by atoms with Crippen LogP contribution in [-0.2, 0) is 26.4 Å². The molecule has 3 aliphatic heterocycles. The Morgan fingerprint density at radius 3 is 2.53 bits per heavy atom. The van der Waals surface area contributed by atoms with Gasteiger partial charge in [-0.15, -0.1) is 0 Å². The van der Waals surface area contributed by atoms with Gasteiger partial charge in [-0.05, 0) is 52.8 Å². The molecule has 4 aliphatic rings. The Labute approximate surface area is 200 Å². The van der Waals surface area contributed by atoms with Gasteiger partial charge >= 0.3 is 0 Å². The molecule has 0 spiro atoms. The van der Waals surface area contributed by atoms with E-state index in [0.717, 1.165) is 30.8 Å². The van der Waals surface area contributed by atoms with Gasteiger partial charge in [0.1, 0.15) is 12.5 Å². The second-order valence-electron chi connectivity index (χ2n) is 9.69. The minimum Gasteiger partial charge on any atom is -0.352 e. The van der Waals surface area contributed by atoms with Crippen molar-refractivity contribution in [2.24, 2.45) is 13.0 Å². The quantitative estimate of drug-likeness (QED) is 0.441. The highest BCUT2D eigenvalue weighted by molar-refractivity contribution is 5.82. The third kappa shape index (κ3) is 2.79. The van der Waals surface area contributed by atoms with Crippen molar-refractivity contribution in [1.82, 2.24) is 14.8 Å². The molecule has 8 rings (SSSR count). The highest BCUT2D eigenvalue weighted by Gasteiger charge is 2.42. The Kier molecular flexibility index (Phi) is 4.22. The predicted octanol–water partition coefficient (Wildman–Crippen LogP) is 5.08. The summed E-state index contributed by atoms with van der Waals surface area (Å²) < 4.78 is 1.86. The van der Waals surface area contributed by atoms with Gasteiger partial charge in [0.15, 0.2) is 5.82 Å². The van der Waals surface area contributed by atoms with Crippen LogP contribution >= 0.6 is 0 Å². The molecule has 0 amide bonds. The van der Waals surface area contributed by atoms with Gasteiger partial charge in [0.05, 0.1) is 11.4 Å². The van der Waals surface area contributed by atoms with Crippen molar-refractivity contribution in [2.75, 3.05) is 16.8 Å². The summed E-state index contributed by atoms with van der Waals surface area (Å²) in [5, 5.41) is 4.31. The van der Waals surface area contributed by atoms with Gasteiger partial charge < -0.3 is 9.80 Å². The molecule has 0 radical (unpaired) electrons. The molecule has 2 atom stereocenters. The minimum atomic E-state index is 0.327. The smallest absolute Gasteiger partial charge is 0.158 e. The van der Waals surface area contributed by atoms with Crippen molar-refractivity contribution >= 4 is 16.9 Å². The summed E-state index contributed by atoms with van der Waals surface area (Å²) in [6.07, 6.45) is 6.51. The molecular formula is C29H27N5. The summed E-state index contributed by atoms with van der Waals surface area (Å²) in [5.74, 6) is 1.35. The van der Waals surface area contributed by atoms with E-state index in [2.05, 4.69) is 99.7 Å². The fraction of sp³-hybridized carbons (Fsp3) is 0.241. The van der Waals surface area contributed by atoms with Gasteiger partial charge in [-0.1, -0.05) is 60.7 Å². The third-order valence-electron chi connectivity index (χ3n) is 7.79. The molecule has 1 aromatic heterocycles. The lowest BCUT2D eigenvalue weighted by Crippen LogP contribution is -2.48. The Morgan fingerprint density at radius 1 is 0.882 bits per heavy atom. The van der Waals surface area contributed by atoms with Crippen LogP contribution in [0.25, 0.3) is 17.0 Å². The van der Waals surface area contributed by atoms with E-state index < -0.39 is 0 Å². The van der Waals surface area contributed by atoms with Crippen molar-refractivity contribution in [3.8, 4) is 11.4 Å². The van der Waals surface area contributed by atoms with Gasteiger partial charge in [0.25, 0.3) is 0 Å². The van der Waals surface area contributed by atoms with Crippen LogP contribution < -0.4 is 9.80 Å². The lowest BCUT2D eigenvalue weighted by molar-refractivity contribution is 0.457. The van der Waals surface area contributed by atoms with E-state index in [-0.39, 0.29) is 0 Å². The standard InChI is InChI=1S/C29H27N5/c1-32-25-12-5-6-13-26(25)34-17-21-10-7-9-20-15-23(29(32)34)16-22(27(20)21)14-19-8-3-4-11-24(19)28-30-18-31-33(28)2/h3-13,16,18,23,29H,14-15,17H2,1-2H3. The third-order valence-corrected chi connectivity index (χ3v) is 7.79. The van der Waals surface area contributed by atoms with Crippen LogP contribution in [0.3, 0.4) is 0 Å². The number of hydrogen-bond acceptors (Lipinski definition) is 4. The number of fused-ring (bicyclic) bond motifs is 1. The number of allylic oxidation sites excluding steroid dienone is 1. The first-order valence-corrected chi connectivity index (χ1v) is 12.0. The monoisotopic (exact) mass is 445 g/mol. The zero-order valence-corrected chi connectivity index (χ0v) is 19.5. The number of aryl methyl sites for hydroxylation is 1. The van der Waals surface area contributed by atoms with Crippen molar-refractivity contribution in [3.63, 3.8) is 0 Å². The van der Waals surface area contributed by atoms with Crippen molar-refractivity contribution in [1.29, 1.82) is 0 Å². The zero-order valence-electron chi connectivity index (χ0n) is 19.5. The van der Waals surface area contributed by atoms with Crippen LogP contribution in [-0.4, -0.2) is 28.0 Å². The fourth-order valence-corrected chi connectivity index (χ4v) is 6.38. The molecule has 5 nitrogen and oxygen atoms in total. The predicted molar refractivity (Wildman–Crippen MR) is 137 cm³/mol. The molecule has 0 saturated heterocycles. The lowest BCUT2D eigenvalue weighted by atomic mass is 9.77. The van der Waals surface area contributed by atoms with Crippen LogP contribution in [0.4, 0.5) is 11.4 Å². The topological polar surface area (TPSA) is 37.2 Å². The molecule has 4 bridgehead atoms. The van der Waals surface area contributed by atoms with Crippen LogP contribution in [0.5, 0.6) is 0 Å². The molecule has 5 heteroatoms. The molecule has 0 N–H and O–H groups in total. The first kappa shape index (κ1) is 19.6. The maximum absolute atomic E-state index is 4.54. The maximum Gasteiger partial charge on any atom is 0.158 e. The van der Waals surface area contributed by atoms with Gasteiger partial charge in [-0.25, -0.2) is 9.67 Å². The van der Waals surface area contributed by atoms with Gasteiger partial charge in [0, 0.05) is 32.1 Å². The molecule has 0 saturated carbocycles. The highest BCUT2D eigenvalue weighted by Crippen LogP contribution is 2.48.